The highest BCUT2D eigenvalue weighted by atomic mass is 35.5. The van der Waals surface area contributed by atoms with E-state index in [1.807, 2.05) is 24.3 Å². The first-order valence-corrected chi connectivity index (χ1v) is 12.7. The Hall–Kier alpha value is -2.11. The van der Waals surface area contributed by atoms with Crippen molar-refractivity contribution in [2.45, 2.75) is 57.4 Å². The number of carbonyl (C=O) groups excluding carboxylic acids is 1. The first-order valence-electron chi connectivity index (χ1n) is 12.3. The van der Waals surface area contributed by atoms with Crippen LogP contribution in [0.1, 0.15) is 50.5 Å². The minimum absolute atomic E-state index is 0.135. The van der Waals surface area contributed by atoms with Gasteiger partial charge in [0.05, 0.1) is 0 Å². The summed E-state index contributed by atoms with van der Waals surface area (Å²) in [5.74, 6) is 1.33. The molecule has 6 heteroatoms. The van der Waals surface area contributed by atoms with E-state index in [0.717, 1.165) is 30.9 Å². The van der Waals surface area contributed by atoms with Gasteiger partial charge >= 0.3 is 6.03 Å². The first kappa shape index (κ1) is 24.0. The van der Waals surface area contributed by atoms with Crippen molar-refractivity contribution in [3.63, 3.8) is 0 Å². The molecule has 4 nitrogen and oxygen atoms in total. The highest BCUT2D eigenvalue weighted by Crippen LogP contribution is 2.28. The molecular formula is C27H35ClFN3O. The normalized spacial score (nSPS) is 22.1. The Balaban J connectivity index is 1.09. The van der Waals surface area contributed by atoms with Gasteiger partial charge in [0.25, 0.3) is 0 Å². The molecule has 4 rings (SSSR count). The molecule has 1 aliphatic heterocycles. The predicted octanol–water partition coefficient (Wildman–Crippen LogP) is 6.50. The third kappa shape index (κ3) is 7.72. The van der Waals surface area contributed by atoms with Crippen LogP contribution >= 0.6 is 11.6 Å². The van der Waals surface area contributed by atoms with Gasteiger partial charge in [-0.1, -0.05) is 23.7 Å². The van der Waals surface area contributed by atoms with E-state index < -0.39 is 0 Å². The van der Waals surface area contributed by atoms with Gasteiger partial charge < -0.3 is 15.5 Å². The van der Waals surface area contributed by atoms with Crippen LogP contribution < -0.4 is 10.6 Å². The fourth-order valence-electron chi connectivity index (χ4n) is 5.21. The van der Waals surface area contributed by atoms with E-state index in [1.54, 1.807) is 24.3 Å². The van der Waals surface area contributed by atoms with E-state index >= 15 is 0 Å². The molecule has 2 amide bonds. The second kappa shape index (κ2) is 11.8. The van der Waals surface area contributed by atoms with Gasteiger partial charge in [-0.25, -0.2) is 9.18 Å². The van der Waals surface area contributed by atoms with Crippen molar-refractivity contribution in [1.82, 2.24) is 10.2 Å². The Labute approximate surface area is 201 Å². The van der Waals surface area contributed by atoms with E-state index in [4.69, 9.17) is 11.6 Å². The van der Waals surface area contributed by atoms with E-state index in [0.29, 0.717) is 10.9 Å². The minimum Gasteiger partial charge on any atom is -0.335 e. The average molecular weight is 472 g/mol. The summed E-state index contributed by atoms with van der Waals surface area (Å²) in [6.45, 7) is 3.53. The van der Waals surface area contributed by atoms with Crippen molar-refractivity contribution >= 4 is 23.3 Å². The predicted molar refractivity (Wildman–Crippen MR) is 133 cm³/mol. The standard InChI is InChI=1S/C27H35ClFN3O/c28-23-5-11-26(12-6-23)31-27(33)30-25-9-3-20(4-10-25)13-16-32-17-14-22(15-18-32)19-21-1-7-24(29)8-2-21/h1-2,5-8,11-12,20,22,25H,3-4,9-10,13-19H2,(H2,30,31,33). The molecule has 0 spiro atoms. The first-order chi connectivity index (χ1) is 16.0. The van der Waals surface area contributed by atoms with Gasteiger partial charge in [-0.3, -0.25) is 0 Å². The largest absolute Gasteiger partial charge is 0.335 e. The van der Waals surface area contributed by atoms with E-state index in [2.05, 4.69) is 15.5 Å². The number of amides is 2. The number of hydrogen-bond donors (Lipinski definition) is 2. The van der Waals surface area contributed by atoms with Crippen LogP contribution in [0.4, 0.5) is 14.9 Å². The van der Waals surface area contributed by atoms with E-state index in [-0.39, 0.29) is 17.9 Å². The number of piperidine rings is 1. The Morgan fingerprint density at radius 2 is 1.58 bits per heavy atom. The SMILES string of the molecule is O=C(Nc1ccc(Cl)cc1)NC1CCC(CCN2CCC(Cc3ccc(F)cc3)CC2)CC1. The number of nitrogens with one attached hydrogen (secondary N) is 2. The van der Waals surface area contributed by atoms with Gasteiger partial charge in [-0.2, -0.15) is 0 Å². The van der Waals surface area contributed by atoms with Crippen molar-refractivity contribution in [1.29, 1.82) is 0 Å². The molecule has 33 heavy (non-hydrogen) atoms. The van der Waals surface area contributed by atoms with Gasteiger partial charge in [-0.15, -0.1) is 0 Å². The van der Waals surface area contributed by atoms with Gasteiger partial charge in [0, 0.05) is 16.8 Å². The molecule has 0 bridgehead atoms. The van der Waals surface area contributed by atoms with Crippen LogP contribution in [0.2, 0.25) is 5.02 Å². The number of nitrogens with zero attached hydrogens (tertiary/aromatic N) is 1. The smallest absolute Gasteiger partial charge is 0.319 e. The van der Waals surface area contributed by atoms with Gasteiger partial charge in [0.1, 0.15) is 5.82 Å². The van der Waals surface area contributed by atoms with Crippen LogP contribution in [0.25, 0.3) is 0 Å². The lowest BCUT2D eigenvalue weighted by Gasteiger charge is -2.34. The van der Waals surface area contributed by atoms with Crippen LogP contribution in [-0.2, 0) is 6.42 Å². The summed E-state index contributed by atoms with van der Waals surface area (Å²) in [4.78, 5) is 14.9. The highest BCUT2D eigenvalue weighted by molar-refractivity contribution is 6.30. The van der Waals surface area contributed by atoms with Gasteiger partial charge in [0.2, 0.25) is 0 Å². The zero-order valence-corrected chi connectivity index (χ0v) is 20.0. The van der Waals surface area contributed by atoms with E-state index in [9.17, 15) is 9.18 Å². The lowest BCUT2D eigenvalue weighted by Crippen LogP contribution is -2.40. The molecule has 0 aromatic heterocycles. The summed E-state index contributed by atoms with van der Waals surface area (Å²) < 4.78 is 13.1. The van der Waals surface area contributed by atoms with Crippen molar-refractivity contribution in [3.8, 4) is 0 Å². The number of urea groups is 1. The maximum Gasteiger partial charge on any atom is 0.319 e. The zero-order chi connectivity index (χ0) is 23.0. The topological polar surface area (TPSA) is 44.4 Å². The highest BCUT2D eigenvalue weighted by Gasteiger charge is 2.24. The molecule has 1 saturated heterocycles. The van der Waals surface area contributed by atoms with Crippen LogP contribution in [-0.4, -0.2) is 36.6 Å². The number of carbonyl (C=O) groups is 1. The summed E-state index contributed by atoms with van der Waals surface area (Å²) >= 11 is 5.89. The summed E-state index contributed by atoms with van der Waals surface area (Å²) in [5.41, 5.74) is 2.01. The maximum absolute atomic E-state index is 13.1. The molecule has 1 aliphatic carbocycles. The van der Waals surface area contributed by atoms with Crippen LogP contribution in [0, 0.1) is 17.7 Å². The Bertz CT molecular complexity index is 873. The van der Waals surface area contributed by atoms with Crippen molar-refractivity contribution < 1.29 is 9.18 Å². The number of halogens is 2. The molecule has 1 heterocycles. The Morgan fingerprint density at radius 3 is 2.24 bits per heavy atom. The molecule has 2 fully saturated rings. The molecule has 2 N–H and O–H groups in total. The number of hydrogen-bond acceptors (Lipinski definition) is 2. The third-order valence-electron chi connectivity index (χ3n) is 7.28. The number of anilines is 1. The van der Waals surface area contributed by atoms with Crippen LogP contribution in [0.15, 0.2) is 48.5 Å². The molecule has 1 saturated carbocycles. The fraction of sp³-hybridized carbons (Fsp3) is 0.519. The minimum atomic E-state index is -0.153. The number of rotatable bonds is 7. The summed E-state index contributed by atoms with van der Waals surface area (Å²) in [6.07, 6.45) is 9.27. The summed E-state index contributed by atoms with van der Waals surface area (Å²) in [6, 6.07) is 14.3. The molecule has 2 aromatic rings. The van der Waals surface area contributed by atoms with Crippen molar-refractivity contribution in [3.05, 3.63) is 64.9 Å². The zero-order valence-electron chi connectivity index (χ0n) is 19.2. The Morgan fingerprint density at radius 1 is 0.909 bits per heavy atom. The number of likely N-dealkylation sites (tertiary alicyclic amines) is 1. The second-order valence-electron chi connectivity index (χ2n) is 9.73. The van der Waals surface area contributed by atoms with Crippen molar-refractivity contribution in [2.75, 3.05) is 25.0 Å². The summed E-state index contributed by atoms with van der Waals surface area (Å²) in [7, 11) is 0. The van der Waals surface area contributed by atoms with Gasteiger partial charge in [0.15, 0.2) is 0 Å². The fourth-order valence-corrected chi connectivity index (χ4v) is 5.34. The third-order valence-corrected chi connectivity index (χ3v) is 7.53. The van der Waals surface area contributed by atoms with Crippen LogP contribution in [0.3, 0.4) is 0 Å². The lowest BCUT2D eigenvalue weighted by molar-refractivity contribution is 0.164. The average Bonchev–Trinajstić information content (AvgIpc) is 2.82. The molecule has 0 atom stereocenters. The molecule has 178 valence electrons. The molecule has 0 unspecified atom stereocenters. The molecule has 2 aliphatic rings. The second-order valence-corrected chi connectivity index (χ2v) is 10.2. The summed E-state index contributed by atoms with van der Waals surface area (Å²) in [5, 5.41) is 6.67. The van der Waals surface area contributed by atoms with Crippen molar-refractivity contribution in [2.24, 2.45) is 11.8 Å². The number of benzene rings is 2. The molecule has 2 aromatic carbocycles. The maximum atomic E-state index is 13.1. The monoisotopic (exact) mass is 471 g/mol. The van der Waals surface area contributed by atoms with E-state index in [1.165, 1.54) is 57.3 Å². The quantitative estimate of drug-likeness (QED) is 0.483. The van der Waals surface area contributed by atoms with Gasteiger partial charge in [-0.05, 0) is 125 Å². The molecular weight excluding hydrogens is 437 g/mol. The van der Waals surface area contributed by atoms with Crippen LogP contribution in [0.5, 0.6) is 0 Å². The Kier molecular flexibility index (Phi) is 8.63. The molecule has 0 radical (unpaired) electrons. The lowest BCUT2D eigenvalue weighted by atomic mass is 9.83.